The SMILES string of the molecule is COC1CCCC(CN)(NCC(F)(F)F)C1. The van der Waals surface area contributed by atoms with Crippen LogP contribution in [0.3, 0.4) is 0 Å². The molecule has 16 heavy (non-hydrogen) atoms. The summed E-state index contributed by atoms with van der Waals surface area (Å²) in [6.07, 6.45) is -1.21. The van der Waals surface area contributed by atoms with Crippen molar-refractivity contribution in [3.8, 4) is 0 Å². The summed E-state index contributed by atoms with van der Waals surface area (Å²) in [5, 5.41) is 2.56. The fraction of sp³-hybridized carbons (Fsp3) is 1.00. The van der Waals surface area contributed by atoms with Crippen molar-refractivity contribution in [1.82, 2.24) is 5.32 Å². The lowest BCUT2D eigenvalue weighted by Crippen LogP contribution is -2.57. The molecule has 2 atom stereocenters. The van der Waals surface area contributed by atoms with Crippen LogP contribution >= 0.6 is 0 Å². The van der Waals surface area contributed by atoms with Gasteiger partial charge in [0.1, 0.15) is 0 Å². The Morgan fingerprint density at radius 2 is 2.19 bits per heavy atom. The summed E-state index contributed by atoms with van der Waals surface area (Å²) in [7, 11) is 1.58. The van der Waals surface area contributed by atoms with Gasteiger partial charge in [-0.05, 0) is 25.7 Å². The topological polar surface area (TPSA) is 47.3 Å². The van der Waals surface area contributed by atoms with Gasteiger partial charge < -0.3 is 15.8 Å². The molecular formula is C10H19F3N2O. The van der Waals surface area contributed by atoms with E-state index in [9.17, 15) is 13.2 Å². The van der Waals surface area contributed by atoms with Crippen molar-refractivity contribution in [3.63, 3.8) is 0 Å². The van der Waals surface area contributed by atoms with Crippen molar-refractivity contribution in [2.24, 2.45) is 5.73 Å². The predicted octanol–water partition coefficient (Wildman–Crippen LogP) is 1.42. The zero-order valence-corrected chi connectivity index (χ0v) is 9.44. The van der Waals surface area contributed by atoms with Crippen molar-refractivity contribution in [2.75, 3.05) is 20.2 Å². The number of nitrogens with one attached hydrogen (secondary N) is 1. The maximum absolute atomic E-state index is 12.2. The van der Waals surface area contributed by atoms with E-state index in [1.54, 1.807) is 7.11 Å². The summed E-state index contributed by atoms with van der Waals surface area (Å²) < 4.78 is 41.7. The van der Waals surface area contributed by atoms with Gasteiger partial charge in [-0.15, -0.1) is 0 Å². The second-order valence-corrected chi connectivity index (χ2v) is 4.41. The minimum Gasteiger partial charge on any atom is -0.381 e. The number of halogens is 3. The summed E-state index contributed by atoms with van der Waals surface area (Å²) >= 11 is 0. The van der Waals surface area contributed by atoms with Gasteiger partial charge >= 0.3 is 6.18 Å². The maximum Gasteiger partial charge on any atom is 0.401 e. The minimum atomic E-state index is -4.19. The first-order valence-corrected chi connectivity index (χ1v) is 5.45. The van der Waals surface area contributed by atoms with Crippen molar-refractivity contribution in [2.45, 2.75) is 43.5 Å². The summed E-state index contributed by atoms with van der Waals surface area (Å²) in [5.74, 6) is 0. The van der Waals surface area contributed by atoms with Gasteiger partial charge in [-0.3, -0.25) is 0 Å². The zero-order valence-electron chi connectivity index (χ0n) is 9.44. The Kier molecular flexibility index (Phi) is 4.58. The quantitative estimate of drug-likeness (QED) is 0.781. The van der Waals surface area contributed by atoms with E-state index in [0.717, 1.165) is 12.8 Å². The molecule has 0 aromatic heterocycles. The largest absolute Gasteiger partial charge is 0.401 e. The summed E-state index contributed by atoms with van der Waals surface area (Å²) in [6, 6.07) is 0. The molecule has 0 aliphatic heterocycles. The number of methoxy groups -OCH3 is 1. The highest BCUT2D eigenvalue weighted by atomic mass is 19.4. The summed E-state index contributed by atoms with van der Waals surface area (Å²) in [6.45, 7) is -0.774. The van der Waals surface area contributed by atoms with Gasteiger partial charge in [-0.1, -0.05) is 0 Å². The molecule has 3 nitrogen and oxygen atoms in total. The lowest BCUT2D eigenvalue weighted by atomic mass is 9.80. The van der Waals surface area contributed by atoms with Crippen LogP contribution in [0.2, 0.25) is 0 Å². The monoisotopic (exact) mass is 240 g/mol. The highest BCUT2D eigenvalue weighted by Crippen LogP contribution is 2.30. The van der Waals surface area contributed by atoms with Gasteiger partial charge in [0.05, 0.1) is 12.6 Å². The molecular weight excluding hydrogens is 221 g/mol. The molecule has 0 radical (unpaired) electrons. The molecule has 1 aliphatic rings. The normalized spacial score (nSPS) is 31.7. The average molecular weight is 240 g/mol. The Hall–Kier alpha value is -0.330. The lowest BCUT2D eigenvalue weighted by Gasteiger charge is -2.40. The van der Waals surface area contributed by atoms with E-state index < -0.39 is 18.3 Å². The molecule has 0 heterocycles. The third kappa shape index (κ3) is 3.92. The molecule has 0 aromatic rings. The van der Waals surface area contributed by atoms with Crippen molar-refractivity contribution in [1.29, 1.82) is 0 Å². The van der Waals surface area contributed by atoms with Crippen LogP contribution in [0.25, 0.3) is 0 Å². The second kappa shape index (κ2) is 5.33. The number of ether oxygens (including phenoxy) is 1. The van der Waals surface area contributed by atoms with Crippen molar-refractivity contribution in [3.05, 3.63) is 0 Å². The molecule has 6 heteroatoms. The van der Waals surface area contributed by atoms with Gasteiger partial charge in [-0.25, -0.2) is 0 Å². The summed E-state index contributed by atoms with van der Waals surface area (Å²) in [4.78, 5) is 0. The molecule has 1 aliphatic carbocycles. The predicted molar refractivity (Wildman–Crippen MR) is 55.1 cm³/mol. The highest BCUT2D eigenvalue weighted by molar-refractivity contribution is 4.95. The Morgan fingerprint density at radius 3 is 2.69 bits per heavy atom. The van der Waals surface area contributed by atoms with Crippen LogP contribution in [-0.4, -0.2) is 38.0 Å². The second-order valence-electron chi connectivity index (χ2n) is 4.41. The molecule has 0 saturated heterocycles. The van der Waals surface area contributed by atoms with Gasteiger partial charge in [0.15, 0.2) is 0 Å². The molecule has 0 amide bonds. The molecule has 0 aromatic carbocycles. The van der Waals surface area contributed by atoms with Crippen molar-refractivity contribution < 1.29 is 17.9 Å². The first-order valence-electron chi connectivity index (χ1n) is 5.45. The standard InChI is InChI=1S/C10H19F3N2O/c1-16-8-3-2-4-9(5-8,6-14)15-7-10(11,12)13/h8,15H,2-7,14H2,1H3. The third-order valence-corrected chi connectivity index (χ3v) is 3.19. The first-order chi connectivity index (χ1) is 7.41. The number of rotatable bonds is 4. The zero-order chi connectivity index (χ0) is 12.2. The molecule has 1 rings (SSSR count). The number of alkyl halides is 3. The fourth-order valence-electron chi connectivity index (χ4n) is 2.22. The summed E-state index contributed by atoms with van der Waals surface area (Å²) in [5.41, 5.74) is 4.98. The van der Waals surface area contributed by atoms with Crippen LogP contribution in [0.15, 0.2) is 0 Å². The average Bonchev–Trinajstić information content (AvgIpc) is 2.26. The number of nitrogens with two attached hydrogens (primary N) is 1. The van der Waals surface area contributed by atoms with Crippen LogP contribution in [0.5, 0.6) is 0 Å². The van der Waals surface area contributed by atoms with Gasteiger partial charge in [0, 0.05) is 19.2 Å². The van der Waals surface area contributed by atoms with Gasteiger partial charge in [-0.2, -0.15) is 13.2 Å². The lowest BCUT2D eigenvalue weighted by molar-refractivity contribution is -0.130. The Labute approximate surface area is 93.5 Å². The number of hydrogen-bond donors (Lipinski definition) is 2. The van der Waals surface area contributed by atoms with E-state index in [-0.39, 0.29) is 12.6 Å². The highest BCUT2D eigenvalue weighted by Gasteiger charge is 2.38. The molecule has 96 valence electrons. The van der Waals surface area contributed by atoms with Crippen molar-refractivity contribution >= 4 is 0 Å². The Bertz CT molecular complexity index is 223. The fourth-order valence-corrected chi connectivity index (χ4v) is 2.22. The maximum atomic E-state index is 12.2. The van der Waals surface area contributed by atoms with Crippen LogP contribution < -0.4 is 11.1 Å². The smallest absolute Gasteiger partial charge is 0.381 e. The van der Waals surface area contributed by atoms with Gasteiger partial charge in [0.2, 0.25) is 0 Å². The van der Waals surface area contributed by atoms with E-state index in [2.05, 4.69) is 5.32 Å². The van der Waals surface area contributed by atoms with E-state index in [1.165, 1.54) is 0 Å². The van der Waals surface area contributed by atoms with E-state index in [0.29, 0.717) is 12.8 Å². The van der Waals surface area contributed by atoms with Gasteiger partial charge in [0.25, 0.3) is 0 Å². The molecule has 1 fully saturated rings. The molecule has 1 saturated carbocycles. The third-order valence-electron chi connectivity index (χ3n) is 3.19. The van der Waals surface area contributed by atoms with Crippen LogP contribution in [0.4, 0.5) is 13.2 Å². The van der Waals surface area contributed by atoms with E-state index in [1.807, 2.05) is 0 Å². The molecule has 0 bridgehead atoms. The van der Waals surface area contributed by atoms with Crippen LogP contribution in [0.1, 0.15) is 25.7 Å². The molecule has 0 spiro atoms. The van der Waals surface area contributed by atoms with Crippen LogP contribution in [-0.2, 0) is 4.74 Å². The minimum absolute atomic E-state index is 0.0121. The number of hydrogen-bond acceptors (Lipinski definition) is 3. The van der Waals surface area contributed by atoms with E-state index in [4.69, 9.17) is 10.5 Å². The molecule has 3 N–H and O–H groups in total. The first kappa shape index (κ1) is 13.7. The van der Waals surface area contributed by atoms with E-state index >= 15 is 0 Å². The Morgan fingerprint density at radius 1 is 1.50 bits per heavy atom. The Balaban J connectivity index is 2.55. The molecule has 2 unspecified atom stereocenters. The van der Waals surface area contributed by atoms with Crippen LogP contribution in [0, 0.1) is 0 Å².